The number of hydrogen-bond donors (Lipinski definition) is 1. The van der Waals surface area contributed by atoms with Gasteiger partial charge in [-0.25, -0.2) is 4.98 Å². The molecule has 142 valence electrons. The Morgan fingerprint density at radius 2 is 1.88 bits per heavy atom. The van der Waals surface area contributed by atoms with Crippen molar-refractivity contribution in [1.29, 1.82) is 0 Å². The summed E-state index contributed by atoms with van der Waals surface area (Å²) >= 11 is 1.35. The molecule has 0 atom stereocenters. The fourth-order valence-corrected chi connectivity index (χ4v) is 3.59. The molecule has 2 aromatic rings. The molecule has 0 unspecified atom stereocenters. The van der Waals surface area contributed by atoms with Crippen molar-refractivity contribution < 1.29 is 4.79 Å². The van der Waals surface area contributed by atoms with E-state index in [9.17, 15) is 9.59 Å². The molecule has 0 saturated heterocycles. The van der Waals surface area contributed by atoms with Crippen LogP contribution in [0.15, 0.2) is 34.2 Å². The van der Waals surface area contributed by atoms with Crippen LogP contribution in [-0.2, 0) is 11.3 Å². The highest BCUT2D eigenvalue weighted by molar-refractivity contribution is 7.99. The number of aromatic nitrogens is 2. The van der Waals surface area contributed by atoms with E-state index in [1.165, 1.54) is 11.8 Å². The van der Waals surface area contributed by atoms with E-state index in [1.807, 2.05) is 24.3 Å². The third-order valence-corrected chi connectivity index (χ3v) is 5.22. The predicted molar refractivity (Wildman–Crippen MR) is 109 cm³/mol. The van der Waals surface area contributed by atoms with Crippen LogP contribution in [-0.4, -0.2) is 27.8 Å². The lowest BCUT2D eigenvalue weighted by atomic mass is 10.2. The predicted octanol–water partition coefficient (Wildman–Crippen LogP) is 3.99. The summed E-state index contributed by atoms with van der Waals surface area (Å²) in [6.45, 7) is 5.61. The molecule has 0 fully saturated rings. The number of carbonyl (C=O) groups excluding carboxylic acids is 1. The van der Waals surface area contributed by atoms with Gasteiger partial charge in [-0.2, -0.15) is 0 Å². The second-order valence-corrected chi connectivity index (χ2v) is 7.36. The first-order valence-electron chi connectivity index (χ1n) is 9.56. The van der Waals surface area contributed by atoms with Crippen LogP contribution in [0.3, 0.4) is 0 Å². The smallest absolute Gasteiger partial charge is 0.262 e. The average molecular weight is 376 g/mol. The Labute approximate surface area is 159 Å². The standard InChI is InChI=1S/C20H29N3O2S/c1-3-5-7-10-14-23-19(25)16-11-8-9-12-17(16)22-20(23)26-15-18(24)21-13-6-4-2/h8-9,11-12H,3-7,10,13-15H2,1-2H3,(H,21,24). The van der Waals surface area contributed by atoms with Gasteiger partial charge in [-0.05, 0) is 25.0 Å². The molecular formula is C20H29N3O2S. The number of benzene rings is 1. The van der Waals surface area contributed by atoms with Gasteiger partial charge >= 0.3 is 0 Å². The zero-order valence-corrected chi connectivity index (χ0v) is 16.6. The molecule has 1 heterocycles. The van der Waals surface area contributed by atoms with E-state index >= 15 is 0 Å². The summed E-state index contributed by atoms with van der Waals surface area (Å²) in [4.78, 5) is 29.5. The minimum atomic E-state index is -0.0130. The van der Waals surface area contributed by atoms with Crippen molar-refractivity contribution in [2.45, 2.75) is 64.1 Å². The number of fused-ring (bicyclic) bond motifs is 1. The number of para-hydroxylation sites is 1. The summed E-state index contributed by atoms with van der Waals surface area (Å²) in [5, 5.41) is 4.18. The fraction of sp³-hybridized carbons (Fsp3) is 0.550. The molecule has 5 nitrogen and oxygen atoms in total. The van der Waals surface area contributed by atoms with E-state index < -0.39 is 0 Å². The third-order valence-electron chi connectivity index (χ3n) is 4.25. The van der Waals surface area contributed by atoms with Crippen molar-refractivity contribution >= 4 is 28.6 Å². The summed E-state index contributed by atoms with van der Waals surface area (Å²) in [5.74, 6) is 0.270. The van der Waals surface area contributed by atoms with Gasteiger partial charge in [0, 0.05) is 13.1 Å². The van der Waals surface area contributed by atoms with Gasteiger partial charge in [0.25, 0.3) is 5.56 Å². The quantitative estimate of drug-likeness (QED) is 0.366. The number of amides is 1. The minimum absolute atomic E-state index is 0.0107. The van der Waals surface area contributed by atoms with Crippen LogP contribution < -0.4 is 10.9 Å². The van der Waals surface area contributed by atoms with Gasteiger partial charge in [-0.15, -0.1) is 0 Å². The number of nitrogens with zero attached hydrogens (tertiary/aromatic N) is 2. The average Bonchev–Trinajstić information content (AvgIpc) is 2.65. The van der Waals surface area contributed by atoms with Crippen molar-refractivity contribution in [3.05, 3.63) is 34.6 Å². The topological polar surface area (TPSA) is 64.0 Å². The molecular weight excluding hydrogens is 346 g/mol. The van der Waals surface area contributed by atoms with Crippen molar-refractivity contribution in [3.8, 4) is 0 Å². The first-order chi connectivity index (χ1) is 12.7. The van der Waals surface area contributed by atoms with E-state index in [2.05, 4.69) is 24.1 Å². The molecule has 0 bridgehead atoms. The van der Waals surface area contributed by atoms with Gasteiger partial charge in [0.1, 0.15) is 0 Å². The van der Waals surface area contributed by atoms with E-state index in [-0.39, 0.29) is 17.2 Å². The molecule has 1 N–H and O–H groups in total. The Morgan fingerprint density at radius 1 is 1.12 bits per heavy atom. The van der Waals surface area contributed by atoms with Gasteiger partial charge in [0.2, 0.25) is 5.91 Å². The zero-order valence-electron chi connectivity index (χ0n) is 15.8. The lowest BCUT2D eigenvalue weighted by Gasteiger charge is -2.13. The van der Waals surface area contributed by atoms with Gasteiger partial charge in [-0.1, -0.05) is 63.4 Å². The molecule has 0 saturated carbocycles. The second-order valence-electron chi connectivity index (χ2n) is 6.42. The fourth-order valence-electron chi connectivity index (χ4n) is 2.74. The number of nitrogens with one attached hydrogen (secondary N) is 1. The normalized spacial score (nSPS) is 11.0. The monoisotopic (exact) mass is 375 g/mol. The summed E-state index contributed by atoms with van der Waals surface area (Å²) in [6, 6.07) is 7.41. The molecule has 1 amide bonds. The van der Waals surface area contributed by atoms with Crippen molar-refractivity contribution in [2.75, 3.05) is 12.3 Å². The van der Waals surface area contributed by atoms with Gasteiger partial charge in [-0.3, -0.25) is 14.2 Å². The van der Waals surface area contributed by atoms with Crippen LogP contribution in [0.25, 0.3) is 10.9 Å². The maximum Gasteiger partial charge on any atom is 0.262 e. The zero-order chi connectivity index (χ0) is 18.8. The Bertz CT molecular complexity index is 773. The first kappa shape index (κ1) is 20.5. The molecule has 1 aromatic heterocycles. The van der Waals surface area contributed by atoms with E-state index in [1.54, 1.807) is 4.57 Å². The minimum Gasteiger partial charge on any atom is -0.355 e. The Kier molecular flexibility index (Phi) is 8.68. The lowest BCUT2D eigenvalue weighted by Crippen LogP contribution is -2.27. The number of hydrogen-bond acceptors (Lipinski definition) is 4. The number of unbranched alkanes of at least 4 members (excludes halogenated alkanes) is 4. The van der Waals surface area contributed by atoms with Crippen LogP contribution in [0.5, 0.6) is 0 Å². The molecule has 6 heteroatoms. The van der Waals surface area contributed by atoms with E-state index in [0.717, 1.165) is 38.5 Å². The maximum atomic E-state index is 12.9. The third kappa shape index (κ3) is 5.87. The molecule has 26 heavy (non-hydrogen) atoms. The lowest BCUT2D eigenvalue weighted by molar-refractivity contribution is -0.118. The molecule has 0 aliphatic rings. The molecule has 0 spiro atoms. The summed E-state index contributed by atoms with van der Waals surface area (Å²) in [7, 11) is 0. The summed E-state index contributed by atoms with van der Waals surface area (Å²) in [5.41, 5.74) is 0.678. The SMILES string of the molecule is CCCCCCn1c(SCC(=O)NCCCC)nc2ccccc2c1=O. The van der Waals surface area contributed by atoms with Gasteiger partial charge in [0.15, 0.2) is 5.16 Å². The summed E-state index contributed by atoms with van der Waals surface area (Å²) in [6.07, 6.45) is 6.40. The van der Waals surface area contributed by atoms with Crippen LogP contribution in [0.2, 0.25) is 0 Å². The van der Waals surface area contributed by atoms with Crippen molar-refractivity contribution in [2.24, 2.45) is 0 Å². The van der Waals surface area contributed by atoms with Crippen molar-refractivity contribution in [1.82, 2.24) is 14.9 Å². The maximum absolute atomic E-state index is 12.9. The molecule has 0 aliphatic heterocycles. The highest BCUT2D eigenvalue weighted by atomic mass is 32.2. The Morgan fingerprint density at radius 3 is 2.65 bits per heavy atom. The van der Waals surface area contributed by atoms with Gasteiger partial charge in [0.05, 0.1) is 16.7 Å². The summed E-state index contributed by atoms with van der Waals surface area (Å²) < 4.78 is 1.74. The van der Waals surface area contributed by atoms with Crippen LogP contribution in [0, 0.1) is 0 Å². The number of carbonyl (C=O) groups is 1. The van der Waals surface area contributed by atoms with E-state index in [4.69, 9.17) is 0 Å². The second kappa shape index (κ2) is 11.0. The van der Waals surface area contributed by atoms with Crippen LogP contribution in [0.4, 0.5) is 0 Å². The highest BCUT2D eigenvalue weighted by Gasteiger charge is 2.13. The van der Waals surface area contributed by atoms with Crippen LogP contribution >= 0.6 is 11.8 Å². The number of thioether (sulfide) groups is 1. The number of rotatable bonds is 11. The molecule has 0 radical (unpaired) electrons. The van der Waals surface area contributed by atoms with Gasteiger partial charge < -0.3 is 5.32 Å². The Hall–Kier alpha value is -1.82. The van der Waals surface area contributed by atoms with E-state index in [0.29, 0.717) is 29.1 Å². The van der Waals surface area contributed by atoms with Crippen molar-refractivity contribution in [3.63, 3.8) is 0 Å². The molecule has 1 aromatic carbocycles. The highest BCUT2D eigenvalue weighted by Crippen LogP contribution is 2.18. The molecule has 2 rings (SSSR count). The Balaban J connectivity index is 2.16. The molecule has 0 aliphatic carbocycles. The van der Waals surface area contributed by atoms with Crippen LogP contribution in [0.1, 0.15) is 52.4 Å². The largest absolute Gasteiger partial charge is 0.355 e. The first-order valence-corrected chi connectivity index (χ1v) is 10.5.